The Morgan fingerprint density at radius 3 is 2.64 bits per heavy atom. The van der Waals surface area contributed by atoms with Crippen LogP contribution < -0.4 is 11.1 Å². The lowest BCUT2D eigenvalue weighted by Crippen LogP contribution is -2.23. The van der Waals surface area contributed by atoms with Gasteiger partial charge in [-0.1, -0.05) is 53.8 Å². The molecule has 0 radical (unpaired) electrons. The number of nitrogens with one attached hydrogen (secondary N) is 1. The van der Waals surface area contributed by atoms with Gasteiger partial charge in [-0.2, -0.15) is 0 Å². The van der Waals surface area contributed by atoms with Crippen LogP contribution in [0, 0.1) is 17.8 Å². The maximum atomic E-state index is 12.5. The standard InChI is InChI=1S/C19H19N3OS2/c1-12-8-9-13(2)15(10-12)22-17(20)16(25-19(22)24)18(23)21-11-14-6-4-3-5-7-14/h3-10H,11,20H2,1-2H3,(H,21,23). The number of benzene rings is 2. The molecule has 1 amide bonds. The molecule has 0 aliphatic carbocycles. The molecule has 128 valence electrons. The quantitative estimate of drug-likeness (QED) is 0.670. The summed E-state index contributed by atoms with van der Waals surface area (Å²) in [6.45, 7) is 4.47. The first-order valence-electron chi connectivity index (χ1n) is 7.88. The number of anilines is 1. The normalized spacial score (nSPS) is 10.6. The number of hydrogen-bond acceptors (Lipinski definition) is 4. The van der Waals surface area contributed by atoms with Gasteiger partial charge in [-0.25, -0.2) is 0 Å². The number of carbonyl (C=O) groups is 1. The second-order valence-corrected chi connectivity index (χ2v) is 7.52. The minimum Gasteiger partial charge on any atom is -0.383 e. The Morgan fingerprint density at radius 2 is 1.92 bits per heavy atom. The average molecular weight is 370 g/mol. The number of aryl methyl sites for hydroxylation is 2. The number of carbonyl (C=O) groups excluding carboxylic acids is 1. The summed E-state index contributed by atoms with van der Waals surface area (Å²) in [6.07, 6.45) is 0. The van der Waals surface area contributed by atoms with Crippen molar-refractivity contribution in [3.63, 3.8) is 0 Å². The number of nitrogens with zero attached hydrogens (tertiary/aromatic N) is 1. The van der Waals surface area contributed by atoms with Crippen LogP contribution in [0.2, 0.25) is 0 Å². The molecule has 3 aromatic rings. The zero-order chi connectivity index (χ0) is 18.0. The van der Waals surface area contributed by atoms with Crippen LogP contribution in [0.1, 0.15) is 26.4 Å². The average Bonchev–Trinajstić information content (AvgIpc) is 2.90. The molecular formula is C19H19N3OS2. The first-order valence-corrected chi connectivity index (χ1v) is 9.11. The highest BCUT2D eigenvalue weighted by Crippen LogP contribution is 2.28. The number of thiazole rings is 1. The molecule has 0 saturated carbocycles. The number of amides is 1. The highest BCUT2D eigenvalue weighted by atomic mass is 32.1. The first-order chi connectivity index (χ1) is 12.0. The van der Waals surface area contributed by atoms with Crippen molar-refractivity contribution in [1.29, 1.82) is 0 Å². The first kappa shape index (κ1) is 17.4. The molecule has 0 spiro atoms. The summed E-state index contributed by atoms with van der Waals surface area (Å²) in [5, 5.41) is 2.91. The summed E-state index contributed by atoms with van der Waals surface area (Å²) >= 11 is 6.70. The Balaban J connectivity index is 1.90. The van der Waals surface area contributed by atoms with E-state index >= 15 is 0 Å². The molecule has 0 unspecified atom stereocenters. The van der Waals surface area contributed by atoms with E-state index in [1.54, 1.807) is 4.57 Å². The van der Waals surface area contributed by atoms with Gasteiger partial charge in [-0.3, -0.25) is 9.36 Å². The van der Waals surface area contributed by atoms with Crippen LogP contribution in [-0.2, 0) is 6.54 Å². The van der Waals surface area contributed by atoms with Gasteiger partial charge in [0.25, 0.3) is 5.91 Å². The van der Waals surface area contributed by atoms with Crippen LogP contribution in [0.5, 0.6) is 0 Å². The molecule has 0 aliphatic heterocycles. The van der Waals surface area contributed by atoms with Gasteiger partial charge in [0.15, 0.2) is 3.95 Å². The molecule has 0 saturated heterocycles. The zero-order valence-corrected chi connectivity index (χ0v) is 15.7. The summed E-state index contributed by atoms with van der Waals surface area (Å²) < 4.78 is 2.34. The molecule has 25 heavy (non-hydrogen) atoms. The molecule has 3 N–H and O–H groups in total. The predicted molar refractivity (Wildman–Crippen MR) is 106 cm³/mol. The van der Waals surface area contributed by atoms with E-state index in [9.17, 15) is 4.79 Å². The van der Waals surface area contributed by atoms with E-state index in [1.165, 1.54) is 11.3 Å². The molecular weight excluding hydrogens is 350 g/mol. The number of hydrogen-bond donors (Lipinski definition) is 2. The zero-order valence-electron chi connectivity index (χ0n) is 14.1. The topological polar surface area (TPSA) is 60.0 Å². The second-order valence-electron chi connectivity index (χ2n) is 5.88. The minimum atomic E-state index is -0.207. The van der Waals surface area contributed by atoms with Crippen molar-refractivity contribution in [3.05, 3.63) is 74.1 Å². The molecule has 4 nitrogen and oxygen atoms in total. The molecule has 0 atom stereocenters. The smallest absolute Gasteiger partial charge is 0.265 e. The molecule has 3 rings (SSSR count). The van der Waals surface area contributed by atoms with Gasteiger partial charge >= 0.3 is 0 Å². The van der Waals surface area contributed by atoms with Gasteiger partial charge in [0.05, 0.1) is 5.69 Å². The number of nitrogens with two attached hydrogens (primary N) is 1. The maximum Gasteiger partial charge on any atom is 0.265 e. The SMILES string of the molecule is Cc1ccc(C)c(-n2c(N)c(C(=O)NCc3ccccc3)sc2=S)c1. The van der Waals surface area contributed by atoms with Crippen molar-refractivity contribution >= 4 is 35.3 Å². The lowest BCUT2D eigenvalue weighted by molar-refractivity contribution is 0.0955. The van der Waals surface area contributed by atoms with Crippen LogP contribution in [0.25, 0.3) is 5.69 Å². The monoisotopic (exact) mass is 369 g/mol. The van der Waals surface area contributed by atoms with Crippen molar-refractivity contribution in [2.75, 3.05) is 5.73 Å². The highest BCUT2D eigenvalue weighted by molar-refractivity contribution is 7.73. The van der Waals surface area contributed by atoms with Gasteiger partial charge in [-0.15, -0.1) is 0 Å². The van der Waals surface area contributed by atoms with Gasteiger partial charge in [0, 0.05) is 6.54 Å². The fraction of sp³-hybridized carbons (Fsp3) is 0.158. The predicted octanol–water partition coefficient (Wildman–Crippen LogP) is 4.40. The molecule has 0 bridgehead atoms. The van der Waals surface area contributed by atoms with Gasteiger partial charge < -0.3 is 11.1 Å². The van der Waals surface area contributed by atoms with Gasteiger partial charge in [0.1, 0.15) is 10.7 Å². The summed E-state index contributed by atoms with van der Waals surface area (Å²) in [7, 11) is 0. The van der Waals surface area contributed by atoms with Crippen molar-refractivity contribution < 1.29 is 4.79 Å². The Morgan fingerprint density at radius 1 is 1.20 bits per heavy atom. The van der Waals surface area contributed by atoms with E-state index in [1.807, 2.05) is 62.4 Å². The third-order valence-corrected chi connectivity index (χ3v) is 5.34. The van der Waals surface area contributed by atoms with E-state index in [0.717, 1.165) is 22.4 Å². The summed E-state index contributed by atoms with van der Waals surface area (Å²) in [5.74, 6) is 0.177. The maximum absolute atomic E-state index is 12.5. The van der Waals surface area contributed by atoms with Gasteiger partial charge in [0.2, 0.25) is 0 Å². The van der Waals surface area contributed by atoms with Gasteiger partial charge in [-0.05, 0) is 48.8 Å². The van der Waals surface area contributed by atoms with Crippen molar-refractivity contribution in [1.82, 2.24) is 9.88 Å². The minimum absolute atomic E-state index is 0.207. The van der Waals surface area contributed by atoms with E-state index in [-0.39, 0.29) is 5.91 Å². The Hall–Kier alpha value is -2.44. The molecule has 0 fully saturated rings. The molecule has 6 heteroatoms. The van der Waals surface area contributed by atoms with Crippen LogP contribution in [0.3, 0.4) is 0 Å². The van der Waals surface area contributed by atoms with Crippen LogP contribution in [0.4, 0.5) is 5.82 Å². The largest absolute Gasteiger partial charge is 0.383 e. The highest BCUT2D eigenvalue weighted by Gasteiger charge is 2.18. The molecule has 1 aromatic heterocycles. The summed E-state index contributed by atoms with van der Waals surface area (Å²) in [5.41, 5.74) is 10.4. The van der Waals surface area contributed by atoms with E-state index in [0.29, 0.717) is 21.2 Å². The number of aromatic nitrogens is 1. The molecule has 0 aliphatic rings. The number of nitrogen functional groups attached to an aromatic ring is 1. The third-order valence-electron chi connectivity index (χ3n) is 3.95. The lowest BCUT2D eigenvalue weighted by Gasteiger charge is -2.11. The van der Waals surface area contributed by atoms with Crippen LogP contribution >= 0.6 is 23.6 Å². The van der Waals surface area contributed by atoms with E-state index in [4.69, 9.17) is 18.0 Å². The van der Waals surface area contributed by atoms with E-state index in [2.05, 4.69) is 5.32 Å². The second kappa shape index (κ2) is 7.21. The molecule has 2 aromatic carbocycles. The number of rotatable bonds is 4. The van der Waals surface area contributed by atoms with Crippen molar-refractivity contribution in [2.24, 2.45) is 0 Å². The summed E-state index contributed by atoms with van der Waals surface area (Å²) in [6, 6.07) is 15.9. The Labute approximate surface area is 155 Å². The van der Waals surface area contributed by atoms with Crippen molar-refractivity contribution in [2.45, 2.75) is 20.4 Å². The third kappa shape index (κ3) is 3.65. The lowest BCUT2D eigenvalue weighted by atomic mass is 10.1. The van der Waals surface area contributed by atoms with E-state index < -0.39 is 0 Å². The van der Waals surface area contributed by atoms with Crippen LogP contribution in [-0.4, -0.2) is 10.5 Å². The fourth-order valence-corrected chi connectivity index (χ4v) is 3.86. The summed E-state index contributed by atoms with van der Waals surface area (Å²) in [4.78, 5) is 13.0. The van der Waals surface area contributed by atoms with Crippen molar-refractivity contribution in [3.8, 4) is 5.69 Å². The van der Waals surface area contributed by atoms with Crippen LogP contribution in [0.15, 0.2) is 48.5 Å². The Bertz CT molecular complexity index is 974. The Kier molecular flexibility index (Phi) is 5.01. The molecule has 1 heterocycles. The fourth-order valence-electron chi connectivity index (χ4n) is 2.59.